The molecular weight excluding hydrogens is 270 g/mol. The van der Waals surface area contributed by atoms with Crippen LogP contribution in [0.5, 0.6) is 0 Å². The molecule has 0 aliphatic heterocycles. The Hall–Kier alpha value is -1.03. The topological polar surface area (TPSA) is 46.2 Å². The van der Waals surface area contributed by atoms with Crippen LogP contribution in [0.2, 0.25) is 0 Å². The molecule has 1 aliphatic rings. The number of rotatable bonds is 3. The Balaban J connectivity index is 2.26. The van der Waals surface area contributed by atoms with Crippen LogP contribution in [0.15, 0.2) is 23.1 Å². The minimum atomic E-state index is -3.15. The summed E-state index contributed by atoms with van der Waals surface area (Å²) < 4.78 is 23.3. The molecule has 0 aromatic heterocycles. The van der Waals surface area contributed by atoms with Gasteiger partial charge in [0.25, 0.3) is 0 Å². The van der Waals surface area contributed by atoms with Crippen molar-refractivity contribution in [2.45, 2.75) is 51.5 Å². The standard InChI is InChI=1S/C16H25NO2S/c1-11-6-7-13(20(5,18)19)8-14(11)17-15-10-16(3,4)9-12(15)2/h6-8,12,15,17H,9-10H2,1-5H3. The number of nitrogens with one attached hydrogen (secondary N) is 1. The number of anilines is 1. The molecule has 0 saturated heterocycles. The highest BCUT2D eigenvalue weighted by atomic mass is 32.2. The fraction of sp³-hybridized carbons (Fsp3) is 0.625. The van der Waals surface area contributed by atoms with E-state index in [1.54, 1.807) is 12.1 Å². The van der Waals surface area contributed by atoms with E-state index in [-0.39, 0.29) is 0 Å². The average Bonchev–Trinajstić information content (AvgIpc) is 2.53. The highest BCUT2D eigenvalue weighted by Gasteiger charge is 2.36. The van der Waals surface area contributed by atoms with Gasteiger partial charge < -0.3 is 5.32 Å². The van der Waals surface area contributed by atoms with Gasteiger partial charge in [0.2, 0.25) is 0 Å². The number of benzene rings is 1. The lowest BCUT2D eigenvalue weighted by Gasteiger charge is -2.21. The quantitative estimate of drug-likeness (QED) is 0.926. The molecule has 1 N–H and O–H groups in total. The molecule has 2 rings (SSSR count). The molecule has 0 bridgehead atoms. The Morgan fingerprint density at radius 2 is 1.90 bits per heavy atom. The molecular formula is C16H25NO2S. The molecule has 112 valence electrons. The van der Waals surface area contributed by atoms with Crippen LogP contribution >= 0.6 is 0 Å². The van der Waals surface area contributed by atoms with Crippen molar-refractivity contribution in [3.63, 3.8) is 0 Å². The van der Waals surface area contributed by atoms with Gasteiger partial charge in [0.15, 0.2) is 9.84 Å². The van der Waals surface area contributed by atoms with Gasteiger partial charge in [-0.15, -0.1) is 0 Å². The van der Waals surface area contributed by atoms with Gasteiger partial charge in [-0.2, -0.15) is 0 Å². The van der Waals surface area contributed by atoms with Crippen LogP contribution in [-0.2, 0) is 9.84 Å². The van der Waals surface area contributed by atoms with Crippen LogP contribution in [0.4, 0.5) is 5.69 Å². The van der Waals surface area contributed by atoms with Gasteiger partial charge in [-0.3, -0.25) is 0 Å². The number of sulfone groups is 1. The van der Waals surface area contributed by atoms with E-state index in [2.05, 4.69) is 26.1 Å². The SMILES string of the molecule is Cc1ccc(S(C)(=O)=O)cc1NC1CC(C)(C)CC1C. The minimum absolute atomic E-state index is 0.361. The van der Waals surface area contributed by atoms with E-state index >= 15 is 0 Å². The van der Waals surface area contributed by atoms with Crippen LogP contribution in [0.25, 0.3) is 0 Å². The largest absolute Gasteiger partial charge is 0.382 e. The average molecular weight is 295 g/mol. The van der Waals surface area contributed by atoms with E-state index in [4.69, 9.17) is 0 Å². The predicted molar refractivity (Wildman–Crippen MR) is 83.9 cm³/mol. The molecule has 1 aliphatic carbocycles. The van der Waals surface area contributed by atoms with Gasteiger partial charge in [0, 0.05) is 18.0 Å². The molecule has 1 saturated carbocycles. The molecule has 4 heteroatoms. The number of hydrogen-bond acceptors (Lipinski definition) is 3. The smallest absolute Gasteiger partial charge is 0.175 e. The lowest BCUT2D eigenvalue weighted by Crippen LogP contribution is -2.23. The second kappa shape index (κ2) is 5.06. The lowest BCUT2D eigenvalue weighted by atomic mass is 9.91. The number of aryl methyl sites for hydroxylation is 1. The Labute approximate surface area is 122 Å². The summed E-state index contributed by atoms with van der Waals surface area (Å²) in [6, 6.07) is 5.74. The second-order valence-electron chi connectivity index (χ2n) is 7.05. The minimum Gasteiger partial charge on any atom is -0.382 e. The Morgan fingerprint density at radius 3 is 2.40 bits per heavy atom. The van der Waals surface area contributed by atoms with Crippen molar-refractivity contribution in [2.75, 3.05) is 11.6 Å². The van der Waals surface area contributed by atoms with Gasteiger partial charge in [0.05, 0.1) is 4.90 Å². The zero-order chi connectivity index (χ0) is 15.1. The van der Waals surface area contributed by atoms with E-state index in [1.807, 2.05) is 13.0 Å². The summed E-state index contributed by atoms with van der Waals surface area (Å²) in [6.07, 6.45) is 3.58. The maximum atomic E-state index is 11.7. The van der Waals surface area contributed by atoms with Gasteiger partial charge in [-0.25, -0.2) is 8.42 Å². The van der Waals surface area contributed by atoms with Crippen molar-refractivity contribution in [3.8, 4) is 0 Å². The van der Waals surface area contributed by atoms with Gasteiger partial charge in [-0.05, 0) is 48.8 Å². The second-order valence-corrected chi connectivity index (χ2v) is 9.07. The first-order chi connectivity index (χ1) is 9.08. The first-order valence-electron chi connectivity index (χ1n) is 7.16. The monoisotopic (exact) mass is 295 g/mol. The zero-order valence-electron chi connectivity index (χ0n) is 13.0. The normalized spacial score (nSPS) is 25.6. The summed E-state index contributed by atoms with van der Waals surface area (Å²) in [4.78, 5) is 0.385. The molecule has 0 spiro atoms. The molecule has 1 fully saturated rings. The van der Waals surface area contributed by atoms with Gasteiger partial charge >= 0.3 is 0 Å². The van der Waals surface area contributed by atoms with Gasteiger partial charge in [0.1, 0.15) is 0 Å². The van der Waals surface area contributed by atoms with Crippen LogP contribution < -0.4 is 5.32 Å². The van der Waals surface area contributed by atoms with E-state index in [9.17, 15) is 8.42 Å². The molecule has 1 aromatic rings. The molecule has 0 radical (unpaired) electrons. The van der Waals surface area contributed by atoms with Crippen molar-refractivity contribution in [1.82, 2.24) is 0 Å². The Kier molecular flexibility index (Phi) is 3.89. The summed E-state index contributed by atoms with van der Waals surface area (Å²) in [7, 11) is -3.15. The summed E-state index contributed by atoms with van der Waals surface area (Å²) in [6.45, 7) is 8.87. The maximum absolute atomic E-state index is 11.7. The third kappa shape index (κ3) is 3.35. The van der Waals surface area contributed by atoms with Crippen LogP contribution in [0, 0.1) is 18.3 Å². The van der Waals surface area contributed by atoms with E-state index in [0.29, 0.717) is 22.3 Å². The fourth-order valence-electron chi connectivity index (χ4n) is 3.27. The van der Waals surface area contributed by atoms with Crippen molar-refractivity contribution in [1.29, 1.82) is 0 Å². The Bertz CT molecular complexity index is 605. The van der Waals surface area contributed by atoms with Gasteiger partial charge in [-0.1, -0.05) is 26.8 Å². The van der Waals surface area contributed by atoms with E-state index < -0.39 is 9.84 Å². The van der Waals surface area contributed by atoms with E-state index in [1.165, 1.54) is 12.7 Å². The van der Waals surface area contributed by atoms with Crippen molar-refractivity contribution in [2.24, 2.45) is 11.3 Å². The summed E-state index contributed by atoms with van der Waals surface area (Å²) in [5, 5.41) is 3.56. The zero-order valence-corrected chi connectivity index (χ0v) is 13.8. The van der Waals surface area contributed by atoms with Crippen LogP contribution in [0.1, 0.15) is 39.2 Å². The first-order valence-corrected chi connectivity index (χ1v) is 9.05. The molecule has 2 atom stereocenters. The highest BCUT2D eigenvalue weighted by molar-refractivity contribution is 7.90. The van der Waals surface area contributed by atoms with Crippen LogP contribution in [0.3, 0.4) is 0 Å². The molecule has 0 amide bonds. The lowest BCUT2D eigenvalue weighted by molar-refractivity contribution is 0.366. The maximum Gasteiger partial charge on any atom is 0.175 e. The number of hydrogen-bond donors (Lipinski definition) is 1. The molecule has 1 aromatic carbocycles. The fourth-order valence-corrected chi connectivity index (χ4v) is 3.92. The molecule has 0 heterocycles. The third-order valence-electron chi connectivity index (χ3n) is 4.31. The summed E-state index contributed by atoms with van der Waals surface area (Å²) >= 11 is 0. The predicted octanol–water partition coefficient (Wildman–Crippen LogP) is 3.64. The molecule has 2 unspecified atom stereocenters. The molecule has 20 heavy (non-hydrogen) atoms. The third-order valence-corrected chi connectivity index (χ3v) is 5.42. The van der Waals surface area contributed by atoms with Crippen molar-refractivity contribution >= 4 is 15.5 Å². The van der Waals surface area contributed by atoms with Crippen molar-refractivity contribution < 1.29 is 8.42 Å². The molecule has 3 nitrogen and oxygen atoms in total. The first kappa shape index (κ1) is 15.4. The van der Waals surface area contributed by atoms with Crippen molar-refractivity contribution in [3.05, 3.63) is 23.8 Å². The van der Waals surface area contributed by atoms with E-state index in [0.717, 1.165) is 17.7 Å². The summed E-state index contributed by atoms with van der Waals surface area (Å²) in [5.41, 5.74) is 2.40. The van der Waals surface area contributed by atoms with Crippen LogP contribution in [-0.4, -0.2) is 20.7 Å². The summed E-state index contributed by atoms with van der Waals surface area (Å²) in [5.74, 6) is 0.603. The Morgan fingerprint density at radius 1 is 1.25 bits per heavy atom. The highest BCUT2D eigenvalue weighted by Crippen LogP contribution is 2.42.